The fraction of sp³-hybridized carbons (Fsp3) is 0.0952. The Morgan fingerprint density at radius 1 is 1.06 bits per heavy atom. The highest BCUT2D eigenvalue weighted by atomic mass is 16.4. The number of H-pyrrole nitrogens is 1. The first-order chi connectivity index (χ1) is 14.8. The molecule has 1 amide bonds. The van der Waals surface area contributed by atoms with Gasteiger partial charge in [0.1, 0.15) is 5.82 Å². The summed E-state index contributed by atoms with van der Waals surface area (Å²) < 4.78 is 0. The largest absolute Gasteiger partial charge is 0.481 e. The Hall–Kier alpha value is -4.47. The van der Waals surface area contributed by atoms with Crippen LogP contribution in [0.25, 0.3) is 22.0 Å². The minimum atomic E-state index is -0.833. The average molecular weight is 419 g/mol. The number of aromatic nitrogens is 4. The highest BCUT2D eigenvalue weighted by Gasteiger charge is 2.10. The van der Waals surface area contributed by atoms with Crippen LogP contribution in [0.4, 0.5) is 23.1 Å². The molecule has 158 valence electrons. The third kappa shape index (κ3) is 5.76. The monoisotopic (exact) mass is 419 g/mol. The van der Waals surface area contributed by atoms with Crippen LogP contribution in [0.1, 0.15) is 13.8 Å². The van der Waals surface area contributed by atoms with E-state index < -0.39 is 5.97 Å². The van der Waals surface area contributed by atoms with Crippen molar-refractivity contribution in [3.63, 3.8) is 0 Å². The molecule has 31 heavy (non-hydrogen) atoms. The number of nitrogens with two attached hydrogens (primary N) is 1. The van der Waals surface area contributed by atoms with E-state index in [-0.39, 0.29) is 11.9 Å². The van der Waals surface area contributed by atoms with Crippen LogP contribution in [0.2, 0.25) is 0 Å². The molecule has 0 fully saturated rings. The molecule has 2 aromatic heterocycles. The molecule has 0 unspecified atom stereocenters. The summed E-state index contributed by atoms with van der Waals surface area (Å²) in [6.07, 6.45) is 3.37. The highest BCUT2D eigenvalue weighted by molar-refractivity contribution is 5.97. The smallest absolute Gasteiger partial charge is 0.300 e. The van der Waals surface area contributed by atoms with Gasteiger partial charge in [0, 0.05) is 42.4 Å². The van der Waals surface area contributed by atoms with Gasteiger partial charge in [-0.2, -0.15) is 10.1 Å². The summed E-state index contributed by atoms with van der Waals surface area (Å²) in [6.45, 7) is 2.57. The topological polar surface area (TPSA) is 159 Å². The Labute approximate surface area is 177 Å². The van der Waals surface area contributed by atoms with Gasteiger partial charge in [-0.3, -0.25) is 14.7 Å². The first-order valence-corrected chi connectivity index (χ1v) is 9.22. The second-order valence-electron chi connectivity index (χ2n) is 6.56. The molecule has 0 radical (unpaired) electrons. The van der Waals surface area contributed by atoms with Crippen molar-refractivity contribution in [2.75, 3.05) is 16.4 Å². The Morgan fingerprint density at radius 2 is 1.77 bits per heavy atom. The summed E-state index contributed by atoms with van der Waals surface area (Å²) in [4.78, 5) is 28.3. The number of nitrogens with one attached hydrogen (secondary N) is 3. The number of aromatic amines is 1. The van der Waals surface area contributed by atoms with E-state index in [0.717, 1.165) is 40.3 Å². The fourth-order valence-electron chi connectivity index (χ4n) is 2.89. The van der Waals surface area contributed by atoms with Crippen LogP contribution in [-0.4, -0.2) is 37.1 Å². The summed E-state index contributed by atoms with van der Waals surface area (Å²) in [5.41, 5.74) is 10.1. The maximum Gasteiger partial charge on any atom is 0.300 e. The maximum atomic E-state index is 11.2. The molecular formula is C21H21N7O3. The van der Waals surface area contributed by atoms with E-state index in [2.05, 4.69) is 30.8 Å². The molecule has 2 heterocycles. The standard InChI is InChI=1S/C19H17N7O.C2H4O2/c1-11(27)23-14-4-2-12(3-5-14)16-9-15(8-13-10-22-26-18(13)16)24-17-6-7-21-19(20)25-17;1-2(3)4/h2-10H,1H3,(H,22,26)(H,23,27)(H3,20,21,24,25);1H3,(H,3,4). The van der Waals surface area contributed by atoms with Gasteiger partial charge in [0.25, 0.3) is 5.97 Å². The summed E-state index contributed by atoms with van der Waals surface area (Å²) in [6, 6.07) is 13.4. The van der Waals surface area contributed by atoms with E-state index in [1.165, 1.54) is 6.92 Å². The summed E-state index contributed by atoms with van der Waals surface area (Å²) in [5.74, 6) is -0.121. The second kappa shape index (κ2) is 9.35. The molecule has 10 nitrogen and oxygen atoms in total. The number of fused-ring (bicyclic) bond motifs is 1. The van der Waals surface area contributed by atoms with Crippen molar-refractivity contribution in [3.05, 3.63) is 54.9 Å². The van der Waals surface area contributed by atoms with Gasteiger partial charge in [0.05, 0.1) is 11.7 Å². The number of nitrogens with zero attached hydrogens (tertiary/aromatic N) is 3. The van der Waals surface area contributed by atoms with Crippen molar-refractivity contribution in [1.29, 1.82) is 0 Å². The molecule has 0 aliphatic heterocycles. The molecule has 2 aromatic carbocycles. The van der Waals surface area contributed by atoms with Crippen LogP contribution in [0.5, 0.6) is 0 Å². The Kier molecular flexibility index (Phi) is 6.41. The summed E-state index contributed by atoms with van der Waals surface area (Å²) >= 11 is 0. The van der Waals surface area contributed by atoms with Crippen molar-refractivity contribution in [2.45, 2.75) is 13.8 Å². The van der Waals surface area contributed by atoms with Crippen LogP contribution < -0.4 is 16.4 Å². The Bertz CT molecular complexity index is 1220. The molecule has 0 aliphatic rings. The lowest BCUT2D eigenvalue weighted by Crippen LogP contribution is -2.05. The van der Waals surface area contributed by atoms with Gasteiger partial charge in [-0.05, 0) is 35.9 Å². The predicted octanol–water partition coefficient (Wildman–Crippen LogP) is 3.40. The van der Waals surface area contributed by atoms with Crippen LogP contribution in [0.3, 0.4) is 0 Å². The zero-order valence-electron chi connectivity index (χ0n) is 16.9. The lowest BCUT2D eigenvalue weighted by Gasteiger charge is -2.10. The maximum absolute atomic E-state index is 11.2. The molecule has 0 spiro atoms. The van der Waals surface area contributed by atoms with E-state index >= 15 is 0 Å². The number of hydrogen-bond donors (Lipinski definition) is 5. The first-order valence-electron chi connectivity index (χ1n) is 9.22. The summed E-state index contributed by atoms with van der Waals surface area (Å²) in [7, 11) is 0. The number of benzene rings is 2. The number of carbonyl (C=O) groups excluding carboxylic acids is 1. The van der Waals surface area contributed by atoms with Crippen LogP contribution in [-0.2, 0) is 9.59 Å². The third-order valence-electron chi connectivity index (χ3n) is 4.01. The minimum Gasteiger partial charge on any atom is -0.481 e. The molecule has 10 heteroatoms. The number of carboxylic acids is 1. The van der Waals surface area contributed by atoms with Crippen LogP contribution in [0, 0.1) is 0 Å². The SMILES string of the molecule is CC(=O)Nc1ccc(-c2cc(Nc3ccnc(N)n3)cc3cn[nH]c23)cc1.CC(=O)O. The minimum absolute atomic E-state index is 0.103. The van der Waals surface area contributed by atoms with E-state index in [4.69, 9.17) is 15.6 Å². The number of carbonyl (C=O) groups is 2. The van der Waals surface area contributed by atoms with Crippen molar-refractivity contribution in [3.8, 4) is 11.1 Å². The normalized spacial score (nSPS) is 10.1. The Morgan fingerprint density at radius 3 is 2.42 bits per heavy atom. The van der Waals surface area contributed by atoms with Crippen molar-refractivity contribution in [2.24, 2.45) is 0 Å². The molecule has 6 N–H and O–H groups in total. The molecule has 0 saturated heterocycles. The van der Waals surface area contributed by atoms with Gasteiger partial charge in [0.15, 0.2) is 0 Å². The number of aliphatic carboxylic acids is 1. The number of hydrogen-bond acceptors (Lipinski definition) is 7. The highest BCUT2D eigenvalue weighted by Crippen LogP contribution is 2.32. The first kappa shape index (κ1) is 21.2. The number of amides is 1. The van der Waals surface area contributed by atoms with E-state index in [9.17, 15) is 4.79 Å². The van der Waals surface area contributed by atoms with Gasteiger partial charge in [-0.1, -0.05) is 12.1 Å². The quantitative estimate of drug-likeness (QED) is 0.336. The molecular weight excluding hydrogens is 398 g/mol. The number of anilines is 4. The molecule has 0 aliphatic carbocycles. The molecule has 4 aromatic rings. The van der Waals surface area contributed by atoms with Crippen molar-refractivity contribution < 1.29 is 14.7 Å². The van der Waals surface area contributed by atoms with Gasteiger partial charge >= 0.3 is 0 Å². The van der Waals surface area contributed by atoms with Crippen molar-refractivity contribution in [1.82, 2.24) is 20.2 Å². The van der Waals surface area contributed by atoms with Crippen molar-refractivity contribution >= 4 is 45.9 Å². The van der Waals surface area contributed by atoms with Crippen LogP contribution in [0.15, 0.2) is 54.9 Å². The zero-order chi connectivity index (χ0) is 22.4. The van der Waals surface area contributed by atoms with Gasteiger partial charge in [-0.15, -0.1) is 0 Å². The van der Waals surface area contributed by atoms with Crippen LogP contribution >= 0.6 is 0 Å². The number of carboxylic acid groups (broad SMARTS) is 1. The molecule has 0 atom stereocenters. The van der Waals surface area contributed by atoms with E-state index in [1.807, 2.05) is 36.4 Å². The number of nitrogen functional groups attached to an aromatic ring is 1. The lowest BCUT2D eigenvalue weighted by molar-refractivity contribution is -0.134. The van der Waals surface area contributed by atoms with Gasteiger partial charge in [-0.25, -0.2) is 4.98 Å². The third-order valence-corrected chi connectivity index (χ3v) is 4.01. The average Bonchev–Trinajstić information content (AvgIpc) is 3.16. The lowest BCUT2D eigenvalue weighted by atomic mass is 10.0. The van der Waals surface area contributed by atoms with E-state index in [0.29, 0.717) is 5.82 Å². The second-order valence-corrected chi connectivity index (χ2v) is 6.56. The number of rotatable bonds is 4. The molecule has 0 bridgehead atoms. The van der Waals surface area contributed by atoms with Gasteiger partial charge in [0.2, 0.25) is 11.9 Å². The zero-order valence-corrected chi connectivity index (χ0v) is 16.9. The van der Waals surface area contributed by atoms with Gasteiger partial charge < -0.3 is 21.5 Å². The predicted molar refractivity (Wildman–Crippen MR) is 119 cm³/mol. The van der Waals surface area contributed by atoms with E-state index in [1.54, 1.807) is 18.5 Å². The molecule has 4 rings (SSSR count). The summed E-state index contributed by atoms with van der Waals surface area (Å²) in [5, 5.41) is 21.6. The Balaban J connectivity index is 0.000000628. The fourth-order valence-corrected chi connectivity index (χ4v) is 2.89. The molecule has 0 saturated carbocycles.